The van der Waals surface area contributed by atoms with E-state index in [1.165, 1.54) is 0 Å². The highest BCUT2D eigenvalue weighted by molar-refractivity contribution is 9.09. The van der Waals surface area contributed by atoms with Crippen molar-refractivity contribution in [3.63, 3.8) is 0 Å². The lowest BCUT2D eigenvalue weighted by Crippen LogP contribution is -2.25. The van der Waals surface area contributed by atoms with E-state index in [1.807, 2.05) is 10.7 Å². The lowest BCUT2D eigenvalue weighted by molar-refractivity contribution is 0.562. The second-order valence-corrected chi connectivity index (χ2v) is 7.10. The van der Waals surface area contributed by atoms with Crippen molar-refractivity contribution in [2.24, 2.45) is 5.92 Å². The van der Waals surface area contributed by atoms with E-state index in [-0.39, 0.29) is 5.41 Å². The summed E-state index contributed by atoms with van der Waals surface area (Å²) in [5, 5.41) is 9.11. The second-order valence-electron chi connectivity index (χ2n) is 6.45. The van der Waals surface area contributed by atoms with E-state index in [2.05, 4.69) is 72.0 Å². The molecule has 2 unspecified atom stereocenters. The van der Waals surface area contributed by atoms with Crippen LogP contribution in [0.5, 0.6) is 0 Å². The number of alkyl halides is 1. The lowest BCUT2D eigenvalue weighted by atomic mass is 9.92. The summed E-state index contributed by atoms with van der Waals surface area (Å²) in [6.07, 6.45) is 3.69. The average Bonchev–Trinajstić information content (AvgIpc) is 2.82. The van der Waals surface area contributed by atoms with Gasteiger partial charge in [0.1, 0.15) is 5.52 Å². The van der Waals surface area contributed by atoms with Crippen LogP contribution in [-0.2, 0) is 5.41 Å². The topological polar surface area (TPSA) is 42.2 Å². The van der Waals surface area contributed by atoms with E-state index in [0.29, 0.717) is 12.0 Å². The molecule has 0 aliphatic rings. The number of nitrogens with one attached hydrogen (secondary N) is 1. The van der Waals surface area contributed by atoms with Crippen LogP contribution in [0.15, 0.2) is 18.5 Å². The Bertz CT molecular complexity index is 585. The van der Waals surface area contributed by atoms with Gasteiger partial charge >= 0.3 is 0 Å². The number of nitrogens with zero attached hydrogens (tertiary/aromatic N) is 3. The lowest BCUT2D eigenvalue weighted by Gasteiger charge is -2.20. The monoisotopic (exact) mass is 338 g/mol. The van der Waals surface area contributed by atoms with E-state index in [4.69, 9.17) is 0 Å². The Morgan fingerprint density at radius 1 is 1.35 bits per heavy atom. The van der Waals surface area contributed by atoms with E-state index in [9.17, 15) is 0 Å². The molecule has 0 aromatic carbocycles. The van der Waals surface area contributed by atoms with Crippen molar-refractivity contribution in [2.45, 2.75) is 46.1 Å². The Kier molecular flexibility index (Phi) is 4.37. The average molecular weight is 339 g/mol. The summed E-state index contributed by atoms with van der Waals surface area (Å²) in [4.78, 5) is 4.47. The third kappa shape index (κ3) is 3.14. The number of fused-ring (bicyclic) bond motifs is 1. The first-order valence-electron chi connectivity index (χ1n) is 7.00. The first-order chi connectivity index (χ1) is 9.32. The fraction of sp³-hybridized carbons (Fsp3) is 0.600. The fourth-order valence-electron chi connectivity index (χ4n) is 1.89. The molecule has 0 radical (unpaired) electrons. The molecule has 0 saturated heterocycles. The van der Waals surface area contributed by atoms with E-state index in [0.717, 1.165) is 22.4 Å². The number of aromatic nitrogens is 3. The minimum Gasteiger partial charge on any atom is -0.366 e. The molecule has 20 heavy (non-hydrogen) atoms. The maximum atomic E-state index is 4.64. The zero-order valence-corrected chi connectivity index (χ0v) is 14.4. The van der Waals surface area contributed by atoms with Crippen LogP contribution in [0.4, 0.5) is 5.82 Å². The zero-order chi connectivity index (χ0) is 14.9. The molecule has 0 amide bonds. The quantitative estimate of drug-likeness (QED) is 0.860. The van der Waals surface area contributed by atoms with Crippen LogP contribution >= 0.6 is 15.9 Å². The van der Waals surface area contributed by atoms with Crippen molar-refractivity contribution in [1.82, 2.24) is 14.6 Å². The van der Waals surface area contributed by atoms with Gasteiger partial charge in [0.2, 0.25) is 0 Å². The first kappa shape index (κ1) is 15.3. The highest BCUT2D eigenvalue weighted by atomic mass is 79.9. The van der Waals surface area contributed by atoms with Crippen molar-refractivity contribution in [2.75, 3.05) is 10.6 Å². The van der Waals surface area contributed by atoms with Gasteiger partial charge < -0.3 is 5.32 Å². The van der Waals surface area contributed by atoms with Crippen molar-refractivity contribution >= 4 is 27.3 Å². The predicted molar refractivity (Wildman–Crippen MR) is 87.7 cm³/mol. The molecule has 110 valence electrons. The molecule has 0 spiro atoms. The van der Waals surface area contributed by atoms with Crippen LogP contribution in [0.3, 0.4) is 0 Å². The molecule has 5 heteroatoms. The van der Waals surface area contributed by atoms with Crippen LogP contribution in [0.2, 0.25) is 0 Å². The first-order valence-corrected chi connectivity index (χ1v) is 8.12. The highest BCUT2D eigenvalue weighted by Crippen LogP contribution is 2.25. The van der Waals surface area contributed by atoms with Gasteiger partial charge in [0.15, 0.2) is 5.82 Å². The summed E-state index contributed by atoms with van der Waals surface area (Å²) >= 11 is 3.53. The minimum atomic E-state index is 0.0397. The summed E-state index contributed by atoms with van der Waals surface area (Å²) in [5.74, 6) is 1.43. The van der Waals surface area contributed by atoms with Gasteiger partial charge in [-0.3, -0.25) is 0 Å². The van der Waals surface area contributed by atoms with Crippen molar-refractivity contribution in [3.8, 4) is 0 Å². The van der Waals surface area contributed by atoms with E-state index in [1.54, 1.807) is 6.20 Å². The molecule has 2 atom stereocenters. The summed E-state index contributed by atoms with van der Waals surface area (Å²) < 4.78 is 1.90. The molecule has 2 rings (SSSR count). The van der Waals surface area contributed by atoms with Crippen LogP contribution < -0.4 is 5.32 Å². The van der Waals surface area contributed by atoms with Gasteiger partial charge in [-0.05, 0) is 18.9 Å². The van der Waals surface area contributed by atoms with Crippen molar-refractivity contribution in [3.05, 3.63) is 24.2 Å². The fourth-order valence-corrected chi connectivity index (χ4v) is 2.45. The van der Waals surface area contributed by atoms with Gasteiger partial charge in [-0.15, -0.1) is 0 Å². The molecule has 2 aromatic heterocycles. The van der Waals surface area contributed by atoms with Crippen LogP contribution in [0, 0.1) is 5.92 Å². The van der Waals surface area contributed by atoms with Gasteiger partial charge in [0.25, 0.3) is 0 Å². The number of hydrogen-bond donors (Lipinski definition) is 1. The molecule has 2 heterocycles. The molecule has 2 aromatic rings. The standard InChI is InChI=1S/C15H23BrN4/c1-10(9-16)11(2)18-14-12-8-13(15(3,4)5)19-20(12)7-6-17-14/h6-8,10-11H,9H2,1-5H3,(H,17,18). The van der Waals surface area contributed by atoms with E-state index >= 15 is 0 Å². The number of rotatable bonds is 4. The molecule has 0 aliphatic carbocycles. The smallest absolute Gasteiger partial charge is 0.152 e. The predicted octanol–water partition coefficient (Wildman–Crippen LogP) is 3.86. The van der Waals surface area contributed by atoms with Crippen LogP contribution in [0.1, 0.15) is 40.3 Å². The summed E-state index contributed by atoms with van der Waals surface area (Å²) in [6.45, 7) is 10.9. The van der Waals surface area contributed by atoms with Gasteiger partial charge in [-0.2, -0.15) is 5.10 Å². The summed E-state index contributed by atoms with van der Waals surface area (Å²) in [5.41, 5.74) is 2.15. The molecular formula is C15H23BrN4. The molecule has 0 aliphatic heterocycles. The third-order valence-corrected chi connectivity index (χ3v) is 4.64. The Morgan fingerprint density at radius 2 is 2.05 bits per heavy atom. The van der Waals surface area contributed by atoms with Crippen molar-refractivity contribution < 1.29 is 0 Å². The van der Waals surface area contributed by atoms with Gasteiger partial charge in [0, 0.05) is 29.2 Å². The molecule has 4 nitrogen and oxygen atoms in total. The Hall–Kier alpha value is -1.10. The molecule has 0 bridgehead atoms. The second kappa shape index (κ2) is 5.72. The van der Waals surface area contributed by atoms with Crippen LogP contribution in [-0.4, -0.2) is 26.0 Å². The van der Waals surface area contributed by atoms with E-state index < -0.39 is 0 Å². The maximum absolute atomic E-state index is 4.64. The largest absolute Gasteiger partial charge is 0.366 e. The SMILES string of the molecule is CC(CBr)C(C)Nc1nccn2nc(C(C)(C)C)cc12. The molecule has 0 fully saturated rings. The third-order valence-electron chi connectivity index (χ3n) is 3.62. The highest BCUT2D eigenvalue weighted by Gasteiger charge is 2.20. The number of halogens is 1. The Labute approximate surface area is 129 Å². The molecule has 0 saturated carbocycles. The summed E-state index contributed by atoms with van der Waals surface area (Å²) in [7, 11) is 0. The molecule has 1 N–H and O–H groups in total. The van der Waals surface area contributed by atoms with Crippen LogP contribution in [0.25, 0.3) is 5.52 Å². The normalized spacial score (nSPS) is 15.3. The van der Waals surface area contributed by atoms with Gasteiger partial charge in [-0.1, -0.05) is 43.6 Å². The number of hydrogen-bond acceptors (Lipinski definition) is 3. The van der Waals surface area contributed by atoms with Gasteiger partial charge in [-0.25, -0.2) is 9.50 Å². The van der Waals surface area contributed by atoms with Crippen molar-refractivity contribution in [1.29, 1.82) is 0 Å². The Balaban J connectivity index is 2.37. The molecular weight excluding hydrogens is 316 g/mol. The zero-order valence-electron chi connectivity index (χ0n) is 12.8. The minimum absolute atomic E-state index is 0.0397. The van der Waals surface area contributed by atoms with Gasteiger partial charge in [0.05, 0.1) is 5.69 Å². The summed E-state index contributed by atoms with van der Waals surface area (Å²) in [6, 6.07) is 2.47. The Morgan fingerprint density at radius 3 is 2.65 bits per heavy atom. The number of anilines is 1. The maximum Gasteiger partial charge on any atom is 0.152 e.